The number of aliphatic hydroxyl groups excluding tert-OH is 1. The molecule has 0 aliphatic heterocycles. The monoisotopic (exact) mass is 337 g/mol. The van der Waals surface area contributed by atoms with Crippen molar-refractivity contribution in [2.45, 2.75) is 18.6 Å². The molecule has 0 aromatic heterocycles. The molecule has 2 atom stereocenters. The van der Waals surface area contributed by atoms with E-state index in [1.54, 1.807) is 36.4 Å². The molecule has 0 saturated carbocycles. The van der Waals surface area contributed by atoms with E-state index in [1.165, 1.54) is 0 Å². The molecule has 2 aromatic rings. The van der Waals surface area contributed by atoms with Gasteiger partial charge in [-0.25, -0.2) is 5.43 Å². The Bertz CT molecular complexity index is 767. The Kier molecular flexibility index (Phi) is 6.29. The largest absolute Gasteiger partial charge is 0.480 e. The smallest absolute Gasteiger partial charge is 0.322 e. The number of nitrogens with one attached hydrogen (secondary N) is 2. The molecule has 0 fully saturated rings. The fraction of sp³-hybridized carbons (Fsp3) is 0.158. The Morgan fingerprint density at radius 2 is 1.80 bits per heavy atom. The molecule has 0 heterocycles. The average molecular weight is 337 g/mol. The van der Waals surface area contributed by atoms with Crippen molar-refractivity contribution in [3.8, 4) is 6.07 Å². The molecule has 0 aliphatic rings. The van der Waals surface area contributed by atoms with Gasteiger partial charge in [-0.05, 0) is 41.8 Å². The maximum Gasteiger partial charge on any atom is 0.322 e. The predicted octanol–water partition coefficient (Wildman–Crippen LogP) is 2.61. The third-order valence-corrected chi connectivity index (χ3v) is 3.67. The fourth-order valence-corrected chi connectivity index (χ4v) is 2.24. The highest BCUT2D eigenvalue weighted by Crippen LogP contribution is 2.24. The van der Waals surface area contributed by atoms with Crippen molar-refractivity contribution in [1.82, 2.24) is 5.43 Å². The number of rotatable bonds is 8. The molecule has 0 aliphatic carbocycles. The lowest BCUT2D eigenvalue weighted by atomic mass is 9.97. The number of carboxylic acid groups (broad SMARTS) is 1. The summed E-state index contributed by atoms with van der Waals surface area (Å²) in [5.74, 6) is -1.06. The van der Waals surface area contributed by atoms with Crippen molar-refractivity contribution in [2.24, 2.45) is 0 Å². The minimum atomic E-state index is -1.06. The third-order valence-electron chi connectivity index (χ3n) is 3.67. The minimum absolute atomic E-state index is 0.0380. The van der Waals surface area contributed by atoms with E-state index in [2.05, 4.69) is 17.4 Å². The standard InChI is InChI=1S/C19H19N3O3/c1-13(18(23)15-9-7-14(12-20)8-10-15)11-17(19(24)25)22-21-16-5-3-2-4-6-16/h2-10,17-18,21-23H,1,11H2,(H,24,25). The highest BCUT2D eigenvalue weighted by molar-refractivity contribution is 5.74. The number of hydrogen-bond acceptors (Lipinski definition) is 5. The molecule has 2 unspecified atom stereocenters. The van der Waals surface area contributed by atoms with Crippen LogP contribution in [0.3, 0.4) is 0 Å². The molecule has 0 amide bonds. The molecule has 6 nitrogen and oxygen atoms in total. The SMILES string of the molecule is C=C(CC(NNc1ccccc1)C(=O)O)C(O)c1ccc(C#N)cc1. The molecule has 2 rings (SSSR count). The first-order chi connectivity index (χ1) is 12.0. The predicted molar refractivity (Wildman–Crippen MR) is 94.5 cm³/mol. The van der Waals surface area contributed by atoms with Crippen LogP contribution in [0.4, 0.5) is 5.69 Å². The number of carboxylic acids is 1. The topological polar surface area (TPSA) is 105 Å². The van der Waals surface area contributed by atoms with Crippen LogP contribution < -0.4 is 10.9 Å². The van der Waals surface area contributed by atoms with Crippen LogP contribution in [0.15, 0.2) is 66.7 Å². The Balaban J connectivity index is 1.98. The molecule has 2 aromatic carbocycles. The number of aliphatic carboxylic acids is 1. The van der Waals surface area contributed by atoms with Crippen molar-refractivity contribution >= 4 is 11.7 Å². The summed E-state index contributed by atoms with van der Waals surface area (Å²) in [6.07, 6.45) is -0.968. The summed E-state index contributed by atoms with van der Waals surface area (Å²) in [7, 11) is 0. The van der Waals surface area contributed by atoms with Crippen LogP contribution in [0.1, 0.15) is 23.7 Å². The van der Waals surface area contributed by atoms with E-state index in [-0.39, 0.29) is 6.42 Å². The van der Waals surface area contributed by atoms with Gasteiger partial charge >= 0.3 is 5.97 Å². The van der Waals surface area contributed by atoms with E-state index >= 15 is 0 Å². The quantitative estimate of drug-likeness (QED) is 0.436. The van der Waals surface area contributed by atoms with E-state index < -0.39 is 18.1 Å². The maximum atomic E-state index is 11.4. The molecular formula is C19H19N3O3. The number of aliphatic hydroxyl groups is 1. The number of benzene rings is 2. The van der Waals surface area contributed by atoms with Crippen molar-refractivity contribution in [3.63, 3.8) is 0 Å². The number of nitrogens with zero attached hydrogens (tertiary/aromatic N) is 1. The lowest BCUT2D eigenvalue weighted by Crippen LogP contribution is -2.40. The lowest BCUT2D eigenvalue weighted by Gasteiger charge is -2.20. The van der Waals surface area contributed by atoms with Gasteiger partial charge < -0.3 is 15.6 Å². The lowest BCUT2D eigenvalue weighted by molar-refractivity contribution is -0.139. The summed E-state index contributed by atoms with van der Waals surface area (Å²) in [5.41, 5.74) is 7.70. The van der Waals surface area contributed by atoms with Gasteiger partial charge in [-0.15, -0.1) is 0 Å². The van der Waals surface area contributed by atoms with Gasteiger partial charge in [-0.3, -0.25) is 4.79 Å². The van der Waals surface area contributed by atoms with Crippen LogP contribution in [0.25, 0.3) is 0 Å². The first kappa shape index (κ1) is 18.2. The van der Waals surface area contributed by atoms with Crippen molar-refractivity contribution in [2.75, 3.05) is 5.43 Å². The van der Waals surface area contributed by atoms with Crippen molar-refractivity contribution in [1.29, 1.82) is 5.26 Å². The van der Waals surface area contributed by atoms with Crippen molar-refractivity contribution in [3.05, 3.63) is 77.9 Å². The molecule has 6 heteroatoms. The molecule has 0 radical (unpaired) electrons. The third kappa shape index (κ3) is 5.18. The number of para-hydroxylation sites is 1. The summed E-state index contributed by atoms with van der Waals surface area (Å²) in [6.45, 7) is 3.80. The normalized spacial score (nSPS) is 12.6. The van der Waals surface area contributed by atoms with Gasteiger partial charge in [0.1, 0.15) is 6.04 Å². The Labute approximate surface area is 146 Å². The van der Waals surface area contributed by atoms with Gasteiger partial charge in [0.05, 0.1) is 17.7 Å². The highest BCUT2D eigenvalue weighted by atomic mass is 16.4. The van der Waals surface area contributed by atoms with Crippen LogP contribution in [-0.4, -0.2) is 22.2 Å². The van der Waals surface area contributed by atoms with Gasteiger partial charge in [0, 0.05) is 5.69 Å². The van der Waals surface area contributed by atoms with Crippen molar-refractivity contribution < 1.29 is 15.0 Å². The van der Waals surface area contributed by atoms with Gasteiger partial charge in [0.2, 0.25) is 0 Å². The molecule has 4 N–H and O–H groups in total. The van der Waals surface area contributed by atoms with Crippen LogP contribution in [0, 0.1) is 11.3 Å². The summed E-state index contributed by atoms with van der Waals surface area (Å²) in [5, 5.41) is 28.5. The second-order valence-corrected chi connectivity index (χ2v) is 5.52. The first-order valence-electron chi connectivity index (χ1n) is 7.66. The second kappa shape index (κ2) is 8.64. The number of hydrogen-bond donors (Lipinski definition) is 4. The average Bonchev–Trinajstić information content (AvgIpc) is 2.65. The van der Waals surface area contributed by atoms with Crippen LogP contribution in [-0.2, 0) is 4.79 Å². The fourth-order valence-electron chi connectivity index (χ4n) is 2.24. The first-order valence-corrected chi connectivity index (χ1v) is 7.66. The molecular weight excluding hydrogens is 318 g/mol. The summed E-state index contributed by atoms with van der Waals surface area (Å²) < 4.78 is 0. The zero-order valence-electron chi connectivity index (χ0n) is 13.5. The highest BCUT2D eigenvalue weighted by Gasteiger charge is 2.22. The van der Waals surface area contributed by atoms with E-state index in [1.807, 2.05) is 24.3 Å². The Morgan fingerprint density at radius 3 is 2.36 bits per heavy atom. The van der Waals surface area contributed by atoms with Gasteiger partial charge in [-0.2, -0.15) is 5.26 Å². The zero-order valence-corrected chi connectivity index (χ0v) is 13.5. The van der Waals surface area contributed by atoms with E-state index in [4.69, 9.17) is 5.26 Å². The van der Waals surface area contributed by atoms with E-state index in [0.717, 1.165) is 5.69 Å². The van der Waals surface area contributed by atoms with Gasteiger partial charge in [0.25, 0.3) is 0 Å². The number of anilines is 1. The zero-order chi connectivity index (χ0) is 18.2. The van der Waals surface area contributed by atoms with Gasteiger partial charge in [-0.1, -0.05) is 36.9 Å². The summed E-state index contributed by atoms with van der Waals surface area (Å²) in [4.78, 5) is 11.4. The van der Waals surface area contributed by atoms with E-state index in [0.29, 0.717) is 16.7 Å². The summed E-state index contributed by atoms with van der Waals surface area (Å²) in [6, 6.07) is 16.6. The Morgan fingerprint density at radius 1 is 1.16 bits per heavy atom. The number of carbonyl (C=O) groups is 1. The number of nitriles is 1. The van der Waals surface area contributed by atoms with Crippen LogP contribution >= 0.6 is 0 Å². The molecule has 0 bridgehead atoms. The molecule has 0 saturated heterocycles. The number of hydrazine groups is 1. The molecule has 0 spiro atoms. The minimum Gasteiger partial charge on any atom is -0.480 e. The molecule has 128 valence electrons. The van der Waals surface area contributed by atoms with Crippen LogP contribution in [0.5, 0.6) is 0 Å². The van der Waals surface area contributed by atoms with Crippen LogP contribution in [0.2, 0.25) is 0 Å². The molecule has 25 heavy (non-hydrogen) atoms. The summed E-state index contributed by atoms with van der Waals surface area (Å²) >= 11 is 0. The second-order valence-electron chi connectivity index (χ2n) is 5.52. The Hall–Kier alpha value is -3.14. The maximum absolute atomic E-state index is 11.4. The van der Waals surface area contributed by atoms with E-state index in [9.17, 15) is 15.0 Å². The van der Waals surface area contributed by atoms with Gasteiger partial charge in [0.15, 0.2) is 0 Å².